The van der Waals surface area contributed by atoms with Gasteiger partial charge in [0, 0.05) is 11.8 Å². The molecule has 26 heavy (non-hydrogen) atoms. The Morgan fingerprint density at radius 1 is 1.08 bits per heavy atom. The second-order valence-corrected chi connectivity index (χ2v) is 7.66. The zero-order valence-corrected chi connectivity index (χ0v) is 14.6. The fraction of sp³-hybridized carbons (Fsp3) is 0.111. The zero-order chi connectivity index (χ0) is 18.3. The van der Waals surface area contributed by atoms with Gasteiger partial charge in [0.25, 0.3) is 10.0 Å². The summed E-state index contributed by atoms with van der Waals surface area (Å²) in [6, 6.07) is 13.8. The summed E-state index contributed by atoms with van der Waals surface area (Å²) in [4.78, 5) is 8.68. The van der Waals surface area contributed by atoms with Gasteiger partial charge < -0.3 is 4.74 Å². The molecule has 2 aromatic carbocycles. The van der Waals surface area contributed by atoms with Gasteiger partial charge in [0.2, 0.25) is 0 Å². The number of halogens is 1. The van der Waals surface area contributed by atoms with Crippen molar-refractivity contribution < 1.29 is 17.5 Å². The van der Waals surface area contributed by atoms with E-state index in [2.05, 4.69) is 9.97 Å². The topological polar surface area (TPSA) is 72.4 Å². The van der Waals surface area contributed by atoms with E-state index in [9.17, 15) is 12.8 Å². The van der Waals surface area contributed by atoms with Gasteiger partial charge in [0.05, 0.1) is 11.4 Å². The van der Waals surface area contributed by atoms with Crippen molar-refractivity contribution in [1.82, 2.24) is 9.97 Å². The Hall–Kier alpha value is -3.00. The van der Waals surface area contributed by atoms with Crippen LogP contribution < -0.4 is 9.04 Å². The predicted molar refractivity (Wildman–Crippen MR) is 93.1 cm³/mol. The molecule has 0 radical (unpaired) electrons. The first-order valence-corrected chi connectivity index (χ1v) is 9.27. The first kappa shape index (κ1) is 16.5. The molecule has 132 valence electrons. The number of nitrogens with zero attached hydrogens (tertiary/aromatic N) is 3. The Labute approximate surface area is 150 Å². The maximum Gasteiger partial charge on any atom is 0.324 e. The second kappa shape index (κ2) is 6.06. The van der Waals surface area contributed by atoms with Crippen molar-refractivity contribution in [3.8, 4) is 11.8 Å². The fourth-order valence-corrected chi connectivity index (χ4v) is 4.36. The molecule has 4 rings (SSSR count). The van der Waals surface area contributed by atoms with Crippen molar-refractivity contribution in [3.63, 3.8) is 0 Å². The second-order valence-electron chi connectivity index (χ2n) is 5.83. The Balaban J connectivity index is 1.70. The quantitative estimate of drug-likeness (QED) is 0.705. The maximum absolute atomic E-state index is 13.0. The van der Waals surface area contributed by atoms with Crippen LogP contribution in [0.1, 0.15) is 11.3 Å². The van der Waals surface area contributed by atoms with E-state index in [4.69, 9.17) is 4.74 Å². The molecule has 0 bridgehead atoms. The van der Waals surface area contributed by atoms with E-state index < -0.39 is 10.0 Å². The SMILES string of the molecule is Cc1cc(N2Cc3ccccc3S2(=O)=O)nc(Oc2ccc(F)cc2)n1. The predicted octanol–water partition coefficient (Wildman–Crippen LogP) is 3.43. The highest BCUT2D eigenvalue weighted by atomic mass is 32.2. The molecule has 0 aliphatic carbocycles. The average molecular weight is 371 g/mol. The summed E-state index contributed by atoms with van der Waals surface area (Å²) in [5, 5.41) is 0. The molecule has 0 saturated heterocycles. The number of sulfonamides is 1. The lowest BCUT2D eigenvalue weighted by Gasteiger charge is -2.17. The summed E-state index contributed by atoms with van der Waals surface area (Å²) >= 11 is 0. The Morgan fingerprint density at radius 2 is 1.81 bits per heavy atom. The van der Waals surface area contributed by atoms with Crippen LogP contribution in [0.3, 0.4) is 0 Å². The molecule has 0 atom stereocenters. The van der Waals surface area contributed by atoms with E-state index in [1.807, 2.05) is 0 Å². The lowest BCUT2D eigenvalue weighted by Crippen LogP contribution is -2.25. The van der Waals surface area contributed by atoms with Crippen LogP contribution in [0, 0.1) is 12.7 Å². The van der Waals surface area contributed by atoms with Crippen LogP contribution in [0.5, 0.6) is 11.8 Å². The third kappa shape index (κ3) is 2.88. The van der Waals surface area contributed by atoms with Gasteiger partial charge in [0.15, 0.2) is 0 Å². The third-order valence-electron chi connectivity index (χ3n) is 3.95. The van der Waals surface area contributed by atoms with Crippen LogP contribution in [0.4, 0.5) is 10.2 Å². The van der Waals surface area contributed by atoms with E-state index in [1.54, 1.807) is 37.3 Å². The minimum absolute atomic E-state index is 0.00207. The molecular weight excluding hydrogens is 357 g/mol. The fourth-order valence-electron chi connectivity index (χ4n) is 2.76. The summed E-state index contributed by atoms with van der Waals surface area (Å²) in [6.45, 7) is 1.92. The van der Waals surface area contributed by atoms with Crippen LogP contribution in [0.2, 0.25) is 0 Å². The molecule has 1 aromatic heterocycles. The first-order valence-electron chi connectivity index (χ1n) is 7.83. The highest BCUT2D eigenvalue weighted by Gasteiger charge is 2.35. The van der Waals surface area contributed by atoms with Crippen LogP contribution in [0.15, 0.2) is 59.5 Å². The van der Waals surface area contributed by atoms with E-state index in [-0.39, 0.29) is 29.1 Å². The van der Waals surface area contributed by atoms with Crippen molar-refractivity contribution >= 4 is 15.8 Å². The molecule has 2 heterocycles. The Kier molecular flexibility index (Phi) is 3.84. The van der Waals surface area contributed by atoms with E-state index in [0.717, 1.165) is 0 Å². The number of hydrogen-bond donors (Lipinski definition) is 0. The van der Waals surface area contributed by atoms with Gasteiger partial charge in [0.1, 0.15) is 17.4 Å². The molecule has 6 nitrogen and oxygen atoms in total. The van der Waals surface area contributed by atoms with Gasteiger partial charge in [-0.05, 0) is 42.8 Å². The molecule has 1 aliphatic rings. The molecule has 3 aromatic rings. The summed E-state index contributed by atoms with van der Waals surface area (Å²) in [7, 11) is -3.67. The van der Waals surface area contributed by atoms with Gasteiger partial charge in [-0.25, -0.2) is 22.1 Å². The highest BCUT2D eigenvalue weighted by Crippen LogP contribution is 2.34. The standard InChI is InChI=1S/C18H14FN3O3S/c1-12-10-17(21-18(20-12)25-15-8-6-14(19)7-9-15)22-11-13-4-2-3-5-16(13)26(22,23)24/h2-10H,11H2,1H3. The number of anilines is 1. The number of rotatable bonds is 3. The molecule has 0 fully saturated rings. The highest BCUT2D eigenvalue weighted by molar-refractivity contribution is 7.93. The van der Waals surface area contributed by atoms with Crippen molar-refractivity contribution in [1.29, 1.82) is 0 Å². The summed E-state index contributed by atoms with van der Waals surface area (Å²) < 4.78 is 45.4. The molecule has 0 unspecified atom stereocenters. The minimum Gasteiger partial charge on any atom is -0.424 e. The molecule has 8 heteroatoms. The molecule has 0 spiro atoms. The number of aryl methyl sites for hydroxylation is 1. The summed E-state index contributed by atoms with van der Waals surface area (Å²) in [5.41, 5.74) is 1.27. The van der Waals surface area contributed by atoms with Gasteiger partial charge >= 0.3 is 6.01 Å². The number of benzene rings is 2. The monoisotopic (exact) mass is 371 g/mol. The normalized spacial score (nSPS) is 14.9. The smallest absolute Gasteiger partial charge is 0.324 e. The van der Waals surface area contributed by atoms with Crippen LogP contribution >= 0.6 is 0 Å². The molecule has 1 aliphatic heterocycles. The third-order valence-corrected chi connectivity index (χ3v) is 5.80. The number of hydrogen-bond acceptors (Lipinski definition) is 5. The van der Waals surface area contributed by atoms with E-state index >= 15 is 0 Å². The molecular formula is C18H14FN3O3S. The van der Waals surface area contributed by atoms with Crippen molar-refractivity contribution in [2.45, 2.75) is 18.4 Å². The van der Waals surface area contributed by atoms with Gasteiger partial charge in [-0.15, -0.1) is 0 Å². The van der Waals surface area contributed by atoms with E-state index in [0.29, 0.717) is 17.0 Å². The Bertz CT molecular complexity index is 1090. The summed E-state index contributed by atoms with van der Waals surface area (Å²) in [5.74, 6) is 0.199. The first-order chi connectivity index (χ1) is 12.4. The molecule has 0 saturated carbocycles. The molecule has 0 N–H and O–H groups in total. The van der Waals surface area contributed by atoms with E-state index in [1.165, 1.54) is 28.6 Å². The van der Waals surface area contributed by atoms with Crippen LogP contribution in [0.25, 0.3) is 0 Å². The number of ether oxygens (including phenoxy) is 1. The van der Waals surface area contributed by atoms with Crippen LogP contribution in [-0.4, -0.2) is 18.4 Å². The molecule has 0 amide bonds. The van der Waals surface area contributed by atoms with Crippen molar-refractivity contribution in [3.05, 3.63) is 71.7 Å². The maximum atomic E-state index is 13.0. The number of aromatic nitrogens is 2. The lowest BCUT2D eigenvalue weighted by molar-refractivity contribution is 0.439. The van der Waals surface area contributed by atoms with Gasteiger partial charge in [-0.3, -0.25) is 0 Å². The summed E-state index contributed by atoms with van der Waals surface area (Å²) in [6.07, 6.45) is 0. The lowest BCUT2D eigenvalue weighted by atomic mass is 10.2. The minimum atomic E-state index is -3.67. The van der Waals surface area contributed by atoms with Gasteiger partial charge in [-0.2, -0.15) is 4.98 Å². The van der Waals surface area contributed by atoms with Gasteiger partial charge in [-0.1, -0.05) is 18.2 Å². The van der Waals surface area contributed by atoms with Crippen molar-refractivity contribution in [2.75, 3.05) is 4.31 Å². The Morgan fingerprint density at radius 3 is 2.54 bits per heavy atom. The van der Waals surface area contributed by atoms with Crippen molar-refractivity contribution in [2.24, 2.45) is 0 Å². The average Bonchev–Trinajstić information content (AvgIpc) is 2.88. The van der Waals surface area contributed by atoms with Crippen LogP contribution in [-0.2, 0) is 16.6 Å². The zero-order valence-electron chi connectivity index (χ0n) is 13.8. The number of fused-ring (bicyclic) bond motifs is 1. The largest absolute Gasteiger partial charge is 0.424 e.